The second-order valence-corrected chi connectivity index (χ2v) is 3.41. The molecule has 0 radical (unpaired) electrons. The second kappa shape index (κ2) is 3.77. The van der Waals surface area contributed by atoms with E-state index in [4.69, 9.17) is 0 Å². The van der Waals surface area contributed by atoms with Crippen molar-refractivity contribution in [2.45, 2.75) is 19.0 Å². The number of aryl methyl sites for hydroxylation is 1. The number of nitrogens with one attached hydrogen (secondary N) is 2. The molecular weight excluding hydrogens is 198 g/mol. The molecule has 1 saturated heterocycles. The lowest BCUT2D eigenvalue weighted by Crippen LogP contribution is -2.36. The predicted molar refractivity (Wildman–Crippen MR) is 49.4 cm³/mol. The van der Waals surface area contributed by atoms with Gasteiger partial charge in [-0.2, -0.15) is 0 Å². The molecule has 0 spiro atoms. The third-order valence-corrected chi connectivity index (χ3v) is 2.28. The first-order valence-electron chi connectivity index (χ1n) is 4.57. The van der Waals surface area contributed by atoms with Crippen LogP contribution in [0.4, 0.5) is 0 Å². The lowest BCUT2D eigenvalue weighted by atomic mass is 10.2. The SMILES string of the molecule is Cn1cnnc1CN[C@H]1CC(=O)NC1=O. The Morgan fingerprint density at radius 3 is 3.00 bits per heavy atom. The highest BCUT2D eigenvalue weighted by Crippen LogP contribution is 2.02. The minimum atomic E-state index is -0.450. The highest BCUT2D eigenvalue weighted by Gasteiger charge is 2.29. The smallest absolute Gasteiger partial charge is 0.244 e. The third kappa shape index (κ3) is 2.01. The van der Waals surface area contributed by atoms with Crippen molar-refractivity contribution in [1.29, 1.82) is 0 Å². The van der Waals surface area contributed by atoms with Crippen molar-refractivity contribution >= 4 is 11.8 Å². The van der Waals surface area contributed by atoms with Crippen molar-refractivity contribution < 1.29 is 9.59 Å². The molecule has 7 nitrogen and oxygen atoms in total. The van der Waals surface area contributed by atoms with Crippen molar-refractivity contribution in [2.24, 2.45) is 7.05 Å². The Bertz CT molecular complexity index is 399. The number of amides is 2. The van der Waals surface area contributed by atoms with Gasteiger partial charge in [0.2, 0.25) is 11.8 Å². The van der Waals surface area contributed by atoms with Crippen LogP contribution in [0, 0.1) is 0 Å². The van der Waals surface area contributed by atoms with E-state index in [1.54, 1.807) is 10.9 Å². The summed E-state index contributed by atoms with van der Waals surface area (Å²) in [5.74, 6) is 0.208. The normalized spacial score (nSPS) is 20.7. The van der Waals surface area contributed by atoms with E-state index < -0.39 is 6.04 Å². The van der Waals surface area contributed by atoms with Crippen LogP contribution in [0.5, 0.6) is 0 Å². The number of hydrogen-bond donors (Lipinski definition) is 2. The number of rotatable bonds is 3. The molecule has 15 heavy (non-hydrogen) atoms. The molecule has 0 aliphatic carbocycles. The number of aromatic nitrogens is 3. The van der Waals surface area contributed by atoms with Gasteiger partial charge in [-0.1, -0.05) is 0 Å². The summed E-state index contributed by atoms with van der Waals surface area (Å²) in [5.41, 5.74) is 0. The quantitative estimate of drug-likeness (QED) is 0.580. The minimum absolute atomic E-state index is 0.191. The summed E-state index contributed by atoms with van der Waals surface area (Å²) in [7, 11) is 1.82. The van der Waals surface area contributed by atoms with Crippen LogP contribution in [0.3, 0.4) is 0 Å². The molecule has 2 N–H and O–H groups in total. The zero-order chi connectivity index (χ0) is 10.8. The molecule has 80 valence electrons. The number of imide groups is 1. The second-order valence-electron chi connectivity index (χ2n) is 3.41. The summed E-state index contributed by atoms with van der Waals surface area (Å²) in [5, 5.41) is 12.7. The Hall–Kier alpha value is -1.76. The maximum Gasteiger partial charge on any atom is 0.244 e. The highest BCUT2D eigenvalue weighted by molar-refractivity contribution is 6.05. The van der Waals surface area contributed by atoms with Crippen LogP contribution < -0.4 is 10.6 Å². The van der Waals surface area contributed by atoms with Gasteiger partial charge in [0, 0.05) is 7.05 Å². The molecule has 1 aliphatic heterocycles. The summed E-state index contributed by atoms with van der Waals surface area (Å²) in [6.45, 7) is 0.419. The lowest BCUT2D eigenvalue weighted by Gasteiger charge is -2.07. The van der Waals surface area contributed by atoms with Crippen molar-refractivity contribution in [3.63, 3.8) is 0 Å². The van der Waals surface area contributed by atoms with E-state index in [2.05, 4.69) is 20.8 Å². The molecule has 1 aromatic rings. The molecular formula is C8H11N5O2. The van der Waals surface area contributed by atoms with E-state index in [-0.39, 0.29) is 18.2 Å². The molecule has 1 fully saturated rings. The van der Waals surface area contributed by atoms with Crippen LogP contribution in [0.25, 0.3) is 0 Å². The van der Waals surface area contributed by atoms with Gasteiger partial charge >= 0.3 is 0 Å². The fourth-order valence-corrected chi connectivity index (χ4v) is 1.40. The standard InChI is InChI=1S/C8H11N5O2/c1-13-4-10-12-6(13)3-9-5-2-7(14)11-8(5)15/h4-5,9H,2-3H2,1H3,(H,11,14,15)/t5-/m0/s1. The Morgan fingerprint density at radius 2 is 2.47 bits per heavy atom. The number of carbonyl (C=O) groups excluding carboxylic acids is 2. The van der Waals surface area contributed by atoms with Crippen molar-refractivity contribution in [3.05, 3.63) is 12.2 Å². The first kappa shape index (κ1) is 9.78. The van der Waals surface area contributed by atoms with Gasteiger partial charge in [-0.05, 0) is 0 Å². The van der Waals surface area contributed by atoms with Crippen LogP contribution in [-0.2, 0) is 23.2 Å². The molecule has 1 aliphatic rings. The first-order chi connectivity index (χ1) is 7.16. The number of hydrogen-bond acceptors (Lipinski definition) is 5. The Morgan fingerprint density at radius 1 is 1.67 bits per heavy atom. The van der Waals surface area contributed by atoms with Crippen molar-refractivity contribution in [1.82, 2.24) is 25.4 Å². The molecule has 0 saturated carbocycles. The zero-order valence-corrected chi connectivity index (χ0v) is 8.23. The van der Waals surface area contributed by atoms with E-state index in [9.17, 15) is 9.59 Å². The fraction of sp³-hybridized carbons (Fsp3) is 0.500. The van der Waals surface area contributed by atoms with E-state index in [1.165, 1.54) is 0 Å². The fourth-order valence-electron chi connectivity index (χ4n) is 1.40. The van der Waals surface area contributed by atoms with Gasteiger partial charge in [-0.3, -0.25) is 20.2 Å². The minimum Gasteiger partial charge on any atom is -0.320 e. The third-order valence-electron chi connectivity index (χ3n) is 2.28. The van der Waals surface area contributed by atoms with Crippen molar-refractivity contribution in [3.8, 4) is 0 Å². The predicted octanol–water partition coefficient (Wildman–Crippen LogP) is -1.68. The van der Waals surface area contributed by atoms with E-state index >= 15 is 0 Å². The Labute approximate surface area is 85.9 Å². The van der Waals surface area contributed by atoms with Crippen LogP contribution >= 0.6 is 0 Å². The number of carbonyl (C=O) groups is 2. The Kier molecular flexibility index (Phi) is 2.46. The van der Waals surface area contributed by atoms with Gasteiger partial charge in [0.1, 0.15) is 12.2 Å². The van der Waals surface area contributed by atoms with Crippen LogP contribution in [0.2, 0.25) is 0 Å². The van der Waals surface area contributed by atoms with E-state index in [1.807, 2.05) is 7.05 Å². The van der Waals surface area contributed by atoms with Gasteiger partial charge < -0.3 is 4.57 Å². The first-order valence-corrected chi connectivity index (χ1v) is 4.57. The molecule has 2 amide bonds. The van der Waals surface area contributed by atoms with Gasteiger partial charge in [0.15, 0.2) is 0 Å². The van der Waals surface area contributed by atoms with Gasteiger partial charge in [0.05, 0.1) is 19.0 Å². The molecule has 0 aromatic carbocycles. The lowest BCUT2D eigenvalue weighted by molar-refractivity contribution is -0.125. The van der Waals surface area contributed by atoms with Crippen LogP contribution in [0.1, 0.15) is 12.2 Å². The summed E-state index contributed by atoms with van der Waals surface area (Å²) in [6.07, 6.45) is 1.77. The number of nitrogens with zero attached hydrogens (tertiary/aromatic N) is 3. The zero-order valence-electron chi connectivity index (χ0n) is 8.23. The summed E-state index contributed by atoms with van der Waals surface area (Å²) < 4.78 is 1.75. The molecule has 1 aromatic heterocycles. The maximum absolute atomic E-state index is 11.2. The monoisotopic (exact) mass is 209 g/mol. The van der Waals surface area contributed by atoms with Gasteiger partial charge in [0.25, 0.3) is 0 Å². The average molecular weight is 209 g/mol. The van der Waals surface area contributed by atoms with E-state index in [0.29, 0.717) is 6.54 Å². The molecule has 1 atom stereocenters. The van der Waals surface area contributed by atoms with Gasteiger partial charge in [-0.15, -0.1) is 10.2 Å². The van der Waals surface area contributed by atoms with Crippen molar-refractivity contribution in [2.75, 3.05) is 0 Å². The molecule has 0 unspecified atom stereocenters. The average Bonchev–Trinajstić information content (AvgIpc) is 2.70. The van der Waals surface area contributed by atoms with E-state index in [0.717, 1.165) is 5.82 Å². The largest absolute Gasteiger partial charge is 0.320 e. The molecule has 7 heteroatoms. The molecule has 2 heterocycles. The molecule has 0 bridgehead atoms. The molecule has 2 rings (SSSR count). The Balaban J connectivity index is 1.91. The topological polar surface area (TPSA) is 88.9 Å². The summed E-state index contributed by atoms with van der Waals surface area (Å²) in [4.78, 5) is 22.1. The van der Waals surface area contributed by atoms with Crippen LogP contribution in [-0.4, -0.2) is 32.6 Å². The summed E-state index contributed by atoms with van der Waals surface area (Å²) >= 11 is 0. The van der Waals surface area contributed by atoms with Gasteiger partial charge in [-0.25, -0.2) is 0 Å². The van der Waals surface area contributed by atoms with Crippen LogP contribution in [0.15, 0.2) is 6.33 Å². The summed E-state index contributed by atoms with van der Waals surface area (Å²) in [6, 6.07) is -0.450. The highest BCUT2D eigenvalue weighted by atomic mass is 16.2. The maximum atomic E-state index is 11.2.